The first-order chi connectivity index (χ1) is 9.90. The first-order valence-corrected chi connectivity index (χ1v) is 9.36. The molecule has 2 heterocycles. The van der Waals surface area contributed by atoms with Gasteiger partial charge in [-0.05, 0) is 26.5 Å². The van der Waals surface area contributed by atoms with E-state index < -0.39 is 10.0 Å². The summed E-state index contributed by atoms with van der Waals surface area (Å²) < 4.78 is 29.0. The summed E-state index contributed by atoms with van der Waals surface area (Å²) in [5.41, 5.74) is 0.845. The second-order valence-corrected chi connectivity index (χ2v) is 7.85. The first-order valence-electron chi connectivity index (χ1n) is 7.39. The van der Waals surface area contributed by atoms with Crippen molar-refractivity contribution >= 4 is 21.6 Å². The average Bonchev–Trinajstić information content (AvgIpc) is 2.92. The lowest BCUT2D eigenvalue weighted by molar-refractivity contribution is 0.196. The van der Waals surface area contributed by atoms with E-state index in [1.54, 1.807) is 16.6 Å². The Morgan fingerprint density at radius 3 is 2.29 bits per heavy atom. The van der Waals surface area contributed by atoms with E-state index in [-0.39, 0.29) is 6.04 Å². The van der Waals surface area contributed by atoms with Gasteiger partial charge in [-0.2, -0.15) is 4.31 Å². The standard InChI is InChI=1S/C14H24ClN3O2S/c1-4-16-5-7-17(8-6-16)21(19,20)14-9-13(10-15)18(11-14)12(2)3/h9,11-12H,4-8,10H2,1-3H3. The van der Waals surface area contributed by atoms with Crippen LogP contribution in [-0.4, -0.2) is 54.9 Å². The molecule has 1 fully saturated rings. The molecule has 21 heavy (non-hydrogen) atoms. The maximum Gasteiger partial charge on any atom is 0.244 e. The van der Waals surface area contributed by atoms with Gasteiger partial charge in [-0.3, -0.25) is 0 Å². The van der Waals surface area contributed by atoms with Crippen molar-refractivity contribution in [3.8, 4) is 0 Å². The SMILES string of the molecule is CCN1CCN(S(=O)(=O)c2cc(CCl)n(C(C)C)c2)CC1. The summed E-state index contributed by atoms with van der Waals surface area (Å²) in [7, 11) is -3.41. The zero-order valence-electron chi connectivity index (χ0n) is 12.9. The van der Waals surface area contributed by atoms with E-state index in [1.165, 1.54) is 0 Å². The van der Waals surface area contributed by atoms with Crippen LogP contribution < -0.4 is 0 Å². The number of likely N-dealkylation sites (N-methyl/N-ethyl adjacent to an activating group) is 1. The van der Waals surface area contributed by atoms with Crippen molar-refractivity contribution in [2.75, 3.05) is 32.7 Å². The summed E-state index contributed by atoms with van der Waals surface area (Å²) in [6.07, 6.45) is 1.71. The number of hydrogen-bond acceptors (Lipinski definition) is 3. The van der Waals surface area contributed by atoms with E-state index in [2.05, 4.69) is 11.8 Å². The number of alkyl halides is 1. The van der Waals surface area contributed by atoms with Crippen LogP contribution >= 0.6 is 11.6 Å². The Labute approximate surface area is 132 Å². The Hall–Kier alpha value is -0.560. The summed E-state index contributed by atoms with van der Waals surface area (Å²) >= 11 is 5.93. The van der Waals surface area contributed by atoms with Crippen LogP contribution in [0.4, 0.5) is 0 Å². The second-order valence-electron chi connectivity index (χ2n) is 5.64. The molecule has 1 aliphatic heterocycles. The summed E-state index contributed by atoms with van der Waals surface area (Å²) in [6, 6.07) is 1.90. The van der Waals surface area contributed by atoms with Gasteiger partial charge in [0.15, 0.2) is 0 Å². The Morgan fingerprint density at radius 1 is 1.24 bits per heavy atom. The van der Waals surface area contributed by atoms with Gasteiger partial charge in [0.25, 0.3) is 0 Å². The molecular formula is C14H24ClN3O2S. The normalized spacial score (nSPS) is 18.5. The Kier molecular flexibility index (Phi) is 5.35. The predicted molar refractivity (Wildman–Crippen MR) is 85.2 cm³/mol. The van der Waals surface area contributed by atoms with Gasteiger partial charge in [0.05, 0.1) is 5.88 Å². The minimum atomic E-state index is -3.41. The van der Waals surface area contributed by atoms with Gasteiger partial charge < -0.3 is 9.47 Å². The van der Waals surface area contributed by atoms with E-state index in [0.29, 0.717) is 23.9 Å². The average molecular weight is 334 g/mol. The molecule has 1 aromatic heterocycles. The molecular weight excluding hydrogens is 310 g/mol. The van der Waals surface area contributed by atoms with Crippen LogP contribution in [0.5, 0.6) is 0 Å². The molecule has 0 aliphatic carbocycles. The molecule has 0 unspecified atom stereocenters. The fourth-order valence-electron chi connectivity index (χ4n) is 2.66. The molecule has 1 saturated heterocycles. The van der Waals surface area contributed by atoms with Crippen molar-refractivity contribution in [2.24, 2.45) is 0 Å². The minimum absolute atomic E-state index is 0.194. The van der Waals surface area contributed by atoms with Gasteiger partial charge >= 0.3 is 0 Å². The minimum Gasteiger partial charge on any atom is -0.346 e. The number of aromatic nitrogens is 1. The molecule has 1 aliphatic rings. The number of sulfonamides is 1. The molecule has 0 aromatic carbocycles. The van der Waals surface area contributed by atoms with Crippen LogP contribution in [0.1, 0.15) is 32.5 Å². The van der Waals surface area contributed by atoms with Gasteiger partial charge in [0, 0.05) is 44.1 Å². The zero-order chi connectivity index (χ0) is 15.6. The van der Waals surface area contributed by atoms with Crippen LogP contribution in [0.2, 0.25) is 0 Å². The lowest BCUT2D eigenvalue weighted by atomic mass is 10.4. The van der Waals surface area contributed by atoms with Crippen molar-refractivity contribution in [3.05, 3.63) is 18.0 Å². The highest BCUT2D eigenvalue weighted by Gasteiger charge is 2.29. The fraction of sp³-hybridized carbons (Fsp3) is 0.714. The first kappa shape index (κ1) is 16.8. The van der Waals surface area contributed by atoms with E-state index in [4.69, 9.17) is 11.6 Å². The third-order valence-electron chi connectivity index (χ3n) is 4.02. The third kappa shape index (κ3) is 3.44. The number of hydrogen-bond donors (Lipinski definition) is 0. The summed E-state index contributed by atoms with van der Waals surface area (Å²) in [5, 5.41) is 0. The molecule has 0 N–H and O–H groups in total. The van der Waals surface area contributed by atoms with Gasteiger partial charge in [0.2, 0.25) is 10.0 Å². The molecule has 0 amide bonds. The summed E-state index contributed by atoms with van der Waals surface area (Å²) in [4.78, 5) is 2.62. The van der Waals surface area contributed by atoms with Crippen molar-refractivity contribution in [1.29, 1.82) is 0 Å². The van der Waals surface area contributed by atoms with Gasteiger partial charge in [-0.15, -0.1) is 11.6 Å². The van der Waals surface area contributed by atoms with Crippen LogP contribution in [0.15, 0.2) is 17.2 Å². The molecule has 1 aromatic rings. The number of piperazine rings is 1. The van der Waals surface area contributed by atoms with Crippen LogP contribution in [0.3, 0.4) is 0 Å². The highest BCUT2D eigenvalue weighted by molar-refractivity contribution is 7.89. The fourth-order valence-corrected chi connectivity index (χ4v) is 4.35. The number of rotatable bonds is 5. The number of nitrogens with zero attached hydrogens (tertiary/aromatic N) is 3. The topological polar surface area (TPSA) is 45.6 Å². The van der Waals surface area contributed by atoms with Crippen molar-refractivity contribution in [1.82, 2.24) is 13.8 Å². The maximum absolute atomic E-state index is 12.7. The molecule has 0 saturated carbocycles. The lowest BCUT2D eigenvalue weighted by Crippen LogP contribution is -2.48. The van der Waals surface area contributed by atoms with E-state index >= 15 is 0 Å². The van der Waals surface area contributed by atoms with Crippen molar-refractivity contribution < 1.29 is 8.42 Å². The van der Waals surface area contributed by atoms with Crippen LogP contribution in [0.25, 0.3) is 0 Å². The summed E-state index contributed by atoms with van der Waals surface area (Å²) in [6.45, 7) is 9.80. The zero-order valence-corrected chi connectivity index (χ0v) is 14.5. The Bertz CT molecular complexity index is 575. The smallest absolute Gasteiger partial charge is 0.244 e. The molecule has 7 heteroatoms. The molecule has 2 rings (SSSR count). The highest BCUT2D eigenvalue weighted by Crippen LogP contribution is 2.24. The molecule has 0 bridgehead atoms. The summed E-state index contributed by atoms with van der Waals surface area (Å²) in [5.74, 6) is 0.317. The van der Waals surface area contributed by atoms with Crippen LogP contribution in [0, 0.1) is 0 Å². The van der Waals surface area contributed by atoms with Gasteiger partial charge in [0.1, 0.15) is 4.90 Å². The van der Waals surface area contributed by atoms with E-state index in [0.717, 1.165) is 25.3 Å². The lowest BCUT2D eigenvalue weighted by Gasteiger charge is -2.32. The van der Waals surface area contributed by atoms with Gasteiger partial charge in [-0.1, -0.05) is 6.92 Å². The van der Waals surface area contributed by atoms with Crippen molar-refractivity contribution in [2.45, 2.75) is 37.6 Å². The Balaban J connectivity index is 2.24. The maximum atomic E-state index is 12.7. The third-order valence-corrected chi connectivity index (χ3v) is 6.15. The monoisotopic (exact) mass is 333 g/mol. The van der Waals surface area contributed by atoms with Gasteiger partial charge in [-0.25, -0.2) is 8.42 Å². The predicted octanol–water partition coefficient (Wildman–Crippen LogP) is 2.13. The van der Waals surface area contributed by atoms with Crippen LogP contribution in [-0.2, 0) is 15.9 Å². The molecule has 0 spiro atoms. The van der Waals surface area contributed by atoms with E-state index in [1.807, 2.05) is 18.4 Å². The Morgan fingerprint density at radius 2 is 1.86 bits per heavy atom. The largest absolute Gasteiger partial charge is 0.346 e. The quantitative estimate of drug-likeness (QED) is 0.775. The molecule has 5 nitrogen and oxygen atoms in total. The molecule has 0 radical (unpaired) electrons. The highest BCUT2D eigenvalue weighted by atomic mass is 35.5. The van der Waals surface area contributed by atoms with Crippen molar-refractivity contribution in [3.63, 3.8) is 0 Å². The number of halogens is 1. The van der Waals surface area contributed by atoms with E-state index in [9.17, 15) is 8.42 Å². The molecule has 120 valence electrons. The second kappa shape index (κ2) is 6.69. The molecule has 0 atom stereocenters.